The highest BCUT2D eigenvalue weighted by Crippen LogP contribution is 2.21. The van der Waals surface area contributed by atoms with Crippen LogP contribution < -0.4 is 5.73 Å². The Morgan fingerprint density at radius 2 is 2.15 bits per heavy atom. The van der Waals surface area contributed by atoms with Gasteiger partial charge in [0.25, 0.3) is 0 Å². The van der Waals surface area contributed by atoms with Crippen LogP contribution in [0.4, 0.5) is 0 Å². The molecule has 13 heavy (non-hydrogen) atoms. The maximum Gasteiger partial charge on any atom is 0.0968 e. The van der Waals surface area contributed by atoms with Crippen LogP contribution in [0.15, 0.2) is 17.2 Å². The minimum absolute atomic E-state index is 0.569. The average molecular weight is 196 g/mol. The highest BCUT2D eigenvalue weighted by molar-refractivity contribution is 7.99. The summed E-state index contributed by atoms with van der Waals surface area (Å²) in [4.78, 5) is 4.43. The summed E-state index contributed by atoms with van der Waals surface area (Å²) in [5.41, 5.74) is 7.79. The lowest BCUT2D eigenvalue weighted by atomic mass is 10.2. The summed E-state index contributed by atoms with van der Waals surface area (Å²) < 4.78 is 0. The van der Waals surface area contributed by atoms with Crippen molar-refractivity contribution in [3.8, 4) is 0 Å². The van der Waals surface area contributed by atoms with Crippen LogP contribution in [0.3, 0.4) is 0 Å². The highest BCUT2D eigenvalue weighted by Gasteiger charge is 2.02. The maximum atomic E-state index is 5.58. The molecule has 0 radical (unpaired) electrons. The van der Waals surface area contributed by atoms with Crippen LogP contribution in [0.1, 0.15) is 25.1 Å². The molecule has 0 spiro atoms. The lowest BCUT2D eigenvalue weighted by Crippen LogP contribution is -1.99. The quantitative estimate of drug-likeness (QED) is 0.754. The molecule has 0 amide bonds. The first-order chi connectivity index (χ1) is 6.11. The Morgan fingerprint density at radius 3 is 2.69 bits per heavy atom. The SMILES string of the molecule is Cc1cc(CN)cc(SC(C)C)n1. The van der Waals surface area contributed by atoms with Gasteiger partial charge in [-0.05, 0) is 24.6 Å². The van der Waals surface area contributed by atoms with E-state index in [-0.39, 0.29) is 0 Å². The van der Waals surface area contributed by atoms with Gasteiger partial charge in [0.1, 0.15) is 0 Å². The topological polar surface area (TPSA) is 38.9 Å². The molecule has 3 heteroatoms. The predicted octanol–water partition coefficient (Wildman–Crippen LogP) is 2.35. The number of rotatable bonds is 3. The van der Waals surface area contributed by atoms with Crippen molar-refractivity contribution >= 4 is 11.8 Å². The van der Waals surface area contributed by atoms with E-state index in [0.717, 1.165) is 16.3 Å². The summed E-state index contributed by atoms with van der Waals surface area (Å²) in [5.74, 6) is 0. The van der Waals surface area contributed by atoms with Crippen molar-refractivity contribution in [3.05, 3.63) is 23.4 Å². The zero-order valence-corrected chi connectivity index (χ0v) is 9.19. The Kier molecular flexibility index (Phi) is 3.75. The second-order valence-corrected chi connectivity index (χ2v) is 4.92. The van der Waals surface area contributed by atoms with Gasteiger partial charge in [0, 0.05) is 17.5 Å². The fourth-order valence-electron chi connectivity index (χ4n) is 1.13. The highest BCUT2D eigenvalue weighted by atomic mass is 32.2. The molecule has 1 heterocycles. The number of aryl methyl sites for hydroxylation is 1. The van der Waals surface area contributed by atoms with Gasteiger partial charge in [-0.1, -0.05) is 13.8 Å². The minimum atomic E-state index is 0.569. The molecule has 0 atom stereocenters. The Bertz CT molecular complexity index is 284. The van der Waals surface area contributed by atoms with Crippen molar-refractivity contribution in [2.24, 2.45) is 5.73 Å². The minimum Gasteiger partial charge on any atom is -0.326 e. The fourth-order valence-corrected chi connectivity index (χ4v) is 2.03. The van der Waals surface area contributed by atoms with Gasteiger partial charge in [-0.15, -0.1) is 11.8 Å². The fraction of sp³-hybridized carbons (Fsp3) is 0.500. The molecule has 0 aliphatic rings. The van der Waals surface area contributed by atoms with Crippen LogP contribution in [0.25, 0.3) is 0 Å². The largest absolute Gasteiger partial charge is 0.326 e. The molecule has 1 aromatic rings. The van der Waals surface area contributed by atoms with Gasteiger partial charge in [0.15, 0.2) is 0 Å². The van der Waals surface area contributed by atoms with Crippen LogP contribution >= 0.6 is 11.8 Å². The van der Waals surface area contributed by atoms with Crippen molar-refractivity contribution in [1.82, 2.24) is 4.98 Å². The number of nitrogens with two attached hydrogens (primary N) is 1. The van der Waals surface area contributed by atoms with Crippen molar-refractivity contribution in [1.29, 1.82) is 0 Å². The second-order valence-electron chi connectivity index (χ2n) is 3.33. The monoisotopic (exact) mass is 196 g/mol. The first-order valence-corrected chi connectivity index (χ1v) is 5.34. The molecule has 0 bridgehead atoms. The smallest absolute Gasteiger partial charge is 0.0968 e. The number of hydrogen-bond donors (Lipinski definition) is 1. The molecule has 0 aliphatic heterocycles. The Morgan fingerprint density at radius 1 is 1.46 bits per heavy atom. The van der Waals surface area contributed by atoms with E-state index in [1.165, 1.54) is 0 Å². The van der Waals surface area contributed by atoms with Gasteiger partial charge in [-0.2, -0.15) is 0 Å². The number of nitrogens with zero attached hydrogens (tertiary/aromatic N) is 1. The van der Waals surface area contributed by atoms with E-state index < -0.39 is 0 Å². The number of hydrogen-bond acceptors (Lipinski definition) is 3. The molecule has 0 fully saturated rings. The van der Waals surface area contributed by atoms with Gasteiger partial charge in [0.05, 0.1) is 5.03 Å². The molecule has 2 nitrogen and oxygen atoms in total. The summed E-state index contributed by atoms with van der Waals surface area (Å²) in [5, 5.41) is 1.65. The van der Waals surface area contributed by atoms with Gasteiger partial charge in [-0.3, -0.25) is 0 Å². The average Bonchev–Trinajstić information content (AvgIpc) is 2.01. The molecule has 2 N–H and O–H groups in total. The molecule has 0 saturated heterocycles. The molecule has 0 saturated carbocycles. The summed E-state index contributed by atoms with van der Waals surface area (Å²) in [6.45, 7) is 6.92. The van der Waals surface area contributed by atoms with Crippen LogP contribution in [0, 0.1) is 6.92 Å². The van der Waals surface area contributed by atoms with Crippen LogP contribution in [0.5, 0.6) is 0 Å². The third kappa shape index (κ3) is 3.36. The Hall–Kier alpha value is -0.540. The Balaban J connectivity index is 2.88. The third-order valence-corrected chi connectivity index (χ3v) is 2.50. The Labute approximate surface area is 83.9 Å². The normalized spacial score (nSPS) is 10.8. The molecule has 0 aromatic carbocycles. The molecule has 1 rings (SSSR count). The van der Waals surface area contributed by atoms with Crippen molar-refractivity contribution < 1.29 is 0 Å². The van der Waals surface area contributed by atoms with Crippen LogP contribution in [-0.4, -0.2) is 10.2 Å². The van der Waals surface area contributed by atoms with E-state index in [0.29, 0.717) is 11.8 Å². The lowest BCUT2D eigenvalue weighted by molar-refractivity contribution is 0.979. The van der Waals surface area contributed by atoms with E-state index in [1.807, 2.05) is 13.0 Å². The summed E-state index contributed by atoms with van der Waals surface area (Å²) in [6, 6.07) is 4.10. The van der Waals surface area contributed by atoms with Crippen LogP contribution in [-0.2, 0) is 6.54 Å². The first kappa shape index (κ1) is 10.5. The zero-order chi connectivity index (χ0) is 9.84. The number of thioether (sulfide) groups is 1. The standard InChI is InChI=1S/C10H16N2S/c1-7(2)13-10-5-9(6-11)4-8(3)12-10/h4-5,7H,6,11H2,1-3H3. The molecular formula is C10H16N2S. The zero-order valence-electron chi connectivity index (χ0n) is 8.37. The van der Waals surface area contributed by atoms with Crippen LogP contribution in [0.2, 0.25) is 0 Å². The summed E-state index contributed by atoms with van der Waals surface area (Å²) in [6.07, 6.45) is 0. The van der Waals surface area contributed by atoms with Gasteiger partial charge in [-0.25, -0.2) is 4.98 Å². The summed E-state index contributed by atoms with van der Waals surface area (Å²) in [7, 11) is 0. The van der Waals surface area contributed by atoms with E-state index in [9.17, 15) is 0 Å². The van der Waals surface area contributed by atoms with E-state index in [4.69, 9.17) is 5.73 Å². The second kappa shape index (κ2) is 4.63. The number of aromatic nitrogens is 1. The summed E-state index contributed by atoms with van der Waals surface area (Å²) >= 11 is 1.78. The van der Waals surface area contributed by atoms with Crippen molar-refractivity contribution in [2.75, 3.05) is 0 Å². The van der Waals surface area contributed by atoms with Gasteiger partial charge >= 0.3 is 0 Å². The number of pyridine rings is 1. The third-order valence-electron chi connectivity index (χ3n) is 1.58. The first-order valence-electron chi connectivity index (χ1n) is 4.46. The van der Waals surface area contributed by atoms with Crippen molar-refractivity contribution in [2.45, 2.75) is 37.6 Å². The molecule has 0 aliphatic carbocycles. The van der Waals surface area contributed by atoms with E-state index >= 15 is 0 Å². The van der Waals surface area contributed by atoms with Gasteiger partial charge in [0.2, 0.25) is 0 Å². The van der Waals surface area contributed by atoms with Gasteiger partial charge < -0.3 is 5.73 Å². The predicted molar refractivity (Wildman–Crippen MR) is 57.9 cm³/mol. The maximum absolute atomic E-state index is 5.58. The molecule has 72 valence electrons. The van der Waals surface area contributed by atoms with Crippen molar-refractivity contribution in [3.63, 3.8) is 0 Å². The molecular weight excluding hydrogens is 180 g/mol. The molecule has 1 aromatic heterocycles. The van der Waals surface area contributed by atoms with E-state index in [2.05, 4.69) is 24.9 Å². The molecule has 0 unspecified atom stereocenters. The van der Waals surface area contributed by atoms with E-state index in [1.54, 1.807) is 11.8 Å². The lowest BCUT2D eigenvalue weighted by Gasteiger charge is -2.06.